The first-order valence-electron chi connectivity index (χ1n) is 7.11. The second-order valence-corrected chi connectivity index (χ2v) is 5.72. The molecule has 0 amide bonds. The number of hydrogen-bond donors (Lipinski definition) is 1. The third-order valence-corrected chi connectivity index (χ3v) is 4.08. The predicted molar refractivity (Wildman–Crippen MR) is 77.5 cm³/mol. The van der Waals surface area contributed by atoms with Crippen molar-refractivity contribution >= 4 is 5.78 Å². The Bertz CT molecular complexity index is 758. The quantitative estimate of drug-likeness (QED) is 0.865. The zero-order valence-corrected chi connectivity index (χ0v) is 12.1. The summed E-state index contributed by atoms with van der Waals surface area (Å²) in [5.74, 6) is -0.792. The molecule has 3 rings (SSSR count). The van der Waals surface area contributed by atoms with Gasteiger partial charge < -0.3 is 10.5 Å². The molecule has 5 heteroatoms. The number of rotatable bonds is 1. The molecule has 0 bridgehead atoms. The first kappa shape index (κ1) is 14.3. The second-order valence-electron chi connectivity index (χ2n) is 5.72. The van der Waals surface area contributed by atoms with Gasteiger partial charge in [0.05, 0.1) is 5.92 Å². The first-order valence-corrected chi connectivity index (χ1v) is 7.11. The number of ether oxygens (including phenoxy) is 1. The number of Topliss-reactive ketones (excluding diaryl/α,β-unsaturated/α-hetero) is 1. The monoisotopic (exact) mass is 298 g/mol. The van der Waals surface area contributed by atoms with Gasteiger partial charge in [0.15, 0.2) is 5.78 Å². The van der Waals surface area contributed by atoms with Crippen molar-refractivity contribution in [2.24, 2.45) is 11.7 Å². The molecule has 112 valence electrons. The Morgan fingerprint density at radius 1 is 1.36 bits per heavy atom. The molecule has 1 heterocycles. The average Bonchev–Trinajstić information content (AvgIpc) is 2.46. The first-order chi connectivity index (χ1) is 10.5. The lowest BCUT2D eigenvalue weighted by Crippen LogP contribution is -2.30. The highest BCUT2D eigenvalue weighted by Crippen LogP contribution is 2.44. The molecule has 22 heavy (non-hydrogen) atoms. The Balaban J connectivity index is 2.22. The van der Waals surface area contributed by atoms with Gasteiger partial charge in [-0.2, -0.15) is 5.26 Å². The van der Waals surface area contributed by atoms with E-state index in [2.05, 4.69) is 0 Å². The van der Waals surface area contributed by atoms with Gasteiger partial charge in [-0.3, -0.25) is 4.79 Å². The van der Waals surface area contributed by atoms with E-state index in [1.54, 1.807) is 18.2 Å². The lowest BCUT2D eigenvalue weighted by molar-refractivity contribution is -0.117. The number of hydrogen-bond acceptors (Lipinski definition) is 4. The standard InChI is InChI=1S/C17H15FN2O2/c1-9-6-13(21)16-14(7-9)22-17(20)11(8-19)15(16)10-4-2-3-5-12(10)18/h2-5,9,15H,6-7,20H2,1H3/t9-,15+/m0/s1. The molecule has 0 spiro atoms. The van der Waals surface area contributed by atoms with Gasteiger partial charge in [0.2, 0.25) is 5.88 Å². The normalized spacial score (nSPS) is 24.7. The van der Waals surface area contributed by atoms with Crippen molar-refractivity contribution in [3.05, 3.63) is 58.4 Å². The summed E-state index contributed by atoms with van der Waals surface area (Å²) in [4.78, 5) is 12.5. The lowest BCUT2D eigenvalue weighted by Gasteiger charge is -2.33. The number of allylic oxidation sites excluding steroid dienone is 3. The fourth-order valence-corrected chi connectivity index (χ4v) is 3.11. The minimum atomic E-state index is -0.782. The molecule has 4 nitrogen and oxygen atoms in total. The Morgan fingerprint density at radius 3 is 2.77 bits per heavy atom. The van der Waals surface area contributed by atoms with Crippen molar-refractivity contribution in [3.63, 3.8) is 0 Å². The second kappa shape index (κ2) is 5.30. The smallest absolute Gasteiger partial charge is 0.205 e. The van der Waals surface area contributed by atoms with E-state index in [1.807, 2.05) is 13.0 Å². The maximum absolute atomic E-state index is 14.2. The maximum Gasteiger partial charge on any atom is 0.205 e. The summed E-state index contributed by atoms with van der Waals surface area (Å²) in [7, 11) is 0. The van der Waals surface area contributed by atoms with Crippen LogP contribution in [0.25, 0.3) is 0 Å². The van der Waals surface area contributed by atoms with Gasteiger partial charge in [0.25, 0.3) is 0 Å². The Hall–Kier alpha value is -2.61. The van der Waals surface area contributed by atoms with Gasteiger partial charge in [-0.05, 0) is 12.0 Å². The molecule has 1 aromatic rings. The molecule has 0 saturated carbocycles. The highest BCUT2D eigenvalue weighted by Gasteiger charge is 2.40. The summed E-state index contributed by atoms with van der Waals surface area (Å²) in [6.45, 7) is 1.95. The highest BCUT2D eigenvalue weighted by atomic mass is 19.1. The minimum Gasteiger partial charge on any atom is -0.444 e. The molecular weight excluding hydrogens is 283 g/mol. The van der Waals surface area contributed by atoms with Gasteiger partial charge in [0.1, 0.15) is 23.2 Å². The third kappa shape index (κ3) is 2.17. The van der Waals surface area contributed by atoms with Crippen molar-refractivity contribution < 1.29 is 13.9 Å². The predicted octanol–water partition coefficient (Wildman–Crippen LogP) is 2.89. The lowest BCUT2D eigenvalue weighted by atomic mass is 9.75. The fraction of sp³-hybridized carbons (Fsp3) is 0.294. The van der Waals surface area contributed by atoms with Gasteiger partial charge >= 0.3 is 0 Å². The van der Waals surface area contributed by atoms with E-state index in [0.29, 0.717) is 24.2 Å². The van der Waals surface area contributed by atoms with E-state index >= 15 is 0 Å². The molecule has 2 atom stereocenters. The molecule has 0 aromatic heterocycles. The summed E-state index contributed by atoms with van der Waals surface area (Å²) < 4.78 is 19.7. The zero-order chi connectivity index (χ0) is 15.9. The fourth-order valence-electron chi connectivity index (χ4n) is 3.11. The molecule has 0 radical (unpaired) electrons. The number of halogens is 1. The van der Waals surface area contributed by atoms with Crippen molar-refractivity contribution in [3.8, 4) is 6.07 Å². The Kier molecular flexibility index (Phi) is 3.45. The van der Waals surface area contributed by atoms with Crippen LogP contribution in [0, 0.1) is 23.1 Å². The SMILES string of the molecule is C[C@H]1CC(=O)C2=C(C1)OC(N)=C(C#N)[C@H]2c1ccccc1F. The van der Waals surface area contributed by atoms with Crippen LogP contribution in [0.2, 0.25) is 0 Å². The van der Waals surface area contributed by atoms with E-state index < -0.39 is 11.7 Å². The highest BCUT2D eigenvalue weighted by molar-refractivity contribution is 5.99. The third-order valence-electron chi connectivity index (χ3n) is 4.08. The molecule has 0 unspecified atom stereocenters. The van der Waals surface area contributed by atoms with Crippen LogP contribution in [0.1, 0.15) is 31.2 Å². The van der Waals surface area contributed by atoms with Crippen LogP contribution in [-0.2, 0) is 9.53 Å². The molecule has 0 fully saturated rings. The summed E-state index contributed by atoms with van der Waals surface area (Å²) in [6, 6.07) is 8.10. The van der Waals surface area contributed by atoms with E-state index in [0.717, 1.165) is 0 Å². The van der Waals surface area contributed by atoms with Crippen LogP contribution < -0.4 is 5.73 Å². The minimum absolute atomic E-state index is 0.0450. The number of nitriles is 1. The van der Waals surface area contributed by atoms with Gasteiger partial charge in [-0.1, -0.05) is 25.1 Å². The van der Waals surface area contributed by atoms with Crippen LogP contribution in [0.15, 0.2) is 47.1 Å². The molecule has 1 aliphatic carbocycles. The molecule has 1 aromatic carbocycles. The zero-order valence-electron chi connectivity index (χ0n) is 12.1. The van der Waals surface area contributed by atoms with Gasteiger partial charge in [-0.25, -0.2) is 4.39 Å². The summed E-state index contributed by atoms with van der Waals surface area (Å²) in [5, 5.41) is 9.39. The molecular formula is C17H15FN2O2. The summed E-state index contributed by atoms with van der Waals surface area (Å²) in [5.41, 5.74) is 6.57. The van der Waals surface area contributed by atoms with Crippen LogP contribution in [0.3, 0.4) is 0 Å². The van der Waals surface area contributed by atoms with Crippen molar-refractivity contribution in [2.75, 3.05) is 0 Å². The number of carbonyl (C=O) groups excluding carboxylic acids is 1. The van der Waals surface area contributed by atoms with Crippen molar-refractivity contribution in [1.82, 2.24) is 0 Å². The van der Waals surface area contributed by atoms with E-state index in [4.69, 9.17) is 10.5 Å². The number of benzene rings is 1. The van der Waals surface area contributed by atoms with E-state index in [1.165, 1.54) is 6.07 Å². The van der Waals surface area contributed by atoms with E-state index in [9.17, 15) is 14.4 Å². The number of nitrogens with zero attached hydrogens (tertiary/aromatic N) is 1. The largest absolute Gasteiger partial charge is 0.444 e. The van der Waals surface area contributed by atoms with Crippen LogP contribution in [0.4, 0.5) is 4.39 Å². The Labute approximate surface area is 127 Å². The number of ketones is 1. The van der Waals surface area contributed by atoms with Gasteiger partial charge in [0, 0.05) is 24.0 Å². The van der Waals surface area contributed by atoms with Crippen LogP contribution in [-0.4, -0.2) is 5.78 Å². The molecule has 0 saturated heterocycles. The van der Waals surface area contributed by atoms with E-state index in [-0.39, 0.29) is 28.7 Å². The number of carbonyl (C=O) groups is 1. The topological polar surface area (TPSA) is 76.1 Å². The van der Waals surface area contributed by atoms with Gasteiger partial charge in [-0.15, -0.1) is 0 Å². The van der Waals surface area contributed by atoms with Crippen LogP contribution >= 0.6 is 0 Å². The Morgan fingerprint density at radius 2 is 2.09 bits per heavy atom. The van der Waals surface area contributed by atoms with Crippen molar-refractivity contribution in [1.29, 1.82) is 5.26 Å². The number of nitrogens with two attached hydrogens (primary N) is 1. The maximum atomic E-state index is 14.2. The molecule has 2 N–H and O–H groups in total. The summed E-state index contributed by atoms with van der Waals surface area (Å²) in [6.07, 6.45) is 0.928. The van der Waals surface area contributed by atoms with Crippen molar-refractivity contribution in [2.45, 2.75) is 25.7 Å². The summed E-state index contributed by atoms with van der Waals surface area (Å²) >= 11 is 0. The van der Waals surface area contributed by atoms with Crippen LogP contribution in [0.5, 0.6) is 0 Å². The average molecular weight is 298 g/mol. The molecule has 1 aliphatic heterocycles. The molecule has 2 aliphatic rings.